The Morgan fingerprint density at radius 1 is 1.45 bits per heavy atom. The smallest absolute Gasteiger partial charge is 0.309 e. The molecule has 0 amide bonds. The topological polar surface area (TPSA) is 72.0 Å². The van der Waals surface area contributed by atoms with Crippen molar-refractivity contribution in [1.29, 1.82) is 0 Å². The van der Waals surface area contributed by atoms with Crippen LogP contribution in [0.15, 0.2) is 4.79 Å². The van der Waals surface area contributed by atoms with Crippen LogP contribution in [0.1, 0.15) is 35.5 Å². The highest BCUT2D eigenvalue weighted by Gasteiger charge is 2.26. The van der Waals surface area contributed by atoms with Gasteiger partial charge in [0.15, 0.2) is 0 Å². The Kier molecular flexibility index (Phi) is 3.33. The van der Waals surface area contributed by atoms with Gasteiger partial charge < -0.3 is 9.72 Å². The number of hydrogen-bond donors (Lipinski definition) is 1. The van der Waals surface area contributed by atoms with Crippen LogP contribution < -0.4 is 5.56 Å². The first-order valence-electron chi connectivity index (χ1n) is 6.72. The van der Waals surface area contributed by atoms with Crippen molar-refractivity contribution in [1.82, 2.24) is 9.97 Å². The first-order valence-corrected chi connectivity index (χ1v) is 7.53. The number of nitrogens with zero attached hydrogens (tertiary/aromatic N) is 1. The molecule has 1 saturated carbocycles. The summed E-state index contributed by atoms with van der Waals surface area (Å²) >= 11 is 1.49. The van der Waals surface area contributed by atoms with Crippen LogP contribution in [0.4, 0.5) is 0 Å². The lowest BCUT2D eigenvalue weighted by atomic mass is 9.86. The molecule has 0 unspecified atom stereocenters. The molecule has 3 rings (SSSR count). The Hall–Kier alpha value is -1.69. The molecule has 5 nitrogen and oxygen atoms in total. The van der Waals surface area contributed by atoms with Crippen molar-refractivity contribution < 1.29 is 9.53 Å². The Bertz CT molecular complexity index is 728. The number of aromatic nitrogens is 2. The van der Waals surface area contributed by atoms with E-state index in [4.69, 9.17) is 4.74 Å². The summed E-state index contributed by atoms with van der Waals surface area (Å²) in [5, 5.41) is 0.640. The number of H-pyrrole nitrogens is 1. The SMILES string of the molecule is Cc1sc2nc(COC(=O)C3CCC3)[nH]c(=O)c2c1C. The number of nitrogens with one attached hydrogen (secondary N) is 1. The van der Waals surface area contributed by atoms with Gasteiger partial charge >= 0.3 is 5.97 Å². The van der Waals surface area contributed by atoms with Gasteiger partial charge in [0.25, 0.3) is 5.56 Å². The zero-order valence-corrected chi connectivity index (χ0v) is 12.3. The number of aryl methyl sites for hydroxylation is 2. The monoisotopic (exact) mass is 292 g/mol. The molecule has 1 fully saturated rings. The van der Waals surface area contributed by atoms with Crippen LogP contribution in [0.2, 0.25) is 0 Å². The molecule has 2 aromatic heterocycles. The van der Waals surface area contributed by atoms with Crippen LogP contribution in [0.3, 0.4) is 0 Å². The Labute approximate surface area is 120 Å². The number of fused-ring (bicyclic) bond motifs is 1. The van der Waals surface area contributed by atoms with Crippen LogP contribution in [0.25, 0.3) is 10.2 Å². The second kappa shape index (κ2) is 5.01. The second-order valence-corrected chi connectivity index (χ2v) is 6.41. The van der Waals surface area contributed by atoms with Crippen molar-refractivity contribution in [2.24, 2.45) is 5.92 Å². The van der Waals surface area contributed by atoms with Gasteiger partial charge in [-0.1, -0.05) is 6.42 Å². The van der Waals surface area contributed by atoms with Crippen LogP contribution in [-0.4, -0.2) is 15.9 Å². The van der Waals surface area contributed by atoms with Crippen molar-refractivity contribution in [3.8, 4) is 0 Å². The molecule has 20 heavy (non-hydrogen) atoms. The fraction of sp³-hybridized carbons (Fsp3) is 0.500. The summed E-state index contributed by atoms with van der Waals surface area (Å²) in [4.78, 5) is 32.6. The Balaban J connectivity index is 1.82. The lowest BCUT2D eigenvalue weighted by Crippen LogP contribution is -2.24. The van der Waals surface area contributed by atoms with Gasteiger partial charge in [-0.05, 0) is 32.3 Å². The van der Waals surface area contributed by atoms with E-state index in [0.29, 0.717) is 16.0 Å². The maximum atomic E-state index is 12.1. The van der Waals surface area contributed by atoms with E-state index in [1.165, 1.54) is 11.3 Å². The molecule has 2 aromatic rings. The van der Waals surface area contributed by atoms with Crippen LogP contribution in [-0.2, 0) is 16.1 Å². The fourth-order valence-electron chi connectivity index (χ4n) is 2.27. The molecular weight excluding hydrogens is 276 g/mol. The van der Waals surface area contributed by atoms with Crippen molar-refractivity contribution in [2.75, 3.05) is 0 Å². The highest BCUT2D eigenvalue weighted by Crippen LogP contribution is 2.28. The highest BCUT2D eigenvalue weighted by atomic mass is 32.1. The van der Waals surface area contributed by atoms with E-state index in [0.717, 1.165) is 29.7 Å². The maximum absolute atomic E-state index is 12.1. The maximum Gasteiger partial charge on any atom is 0.309 e. The third-order valence-corrected chi connectivity index (χ3v) is 4.98. The van der Waals surface area contributed by atoms with Crippen LogP contribution >= 0.6 is 11.3 Å². The number of carbonyl (C=O) groups is 1. The minimum absolute atomic E-state index is 0.0382. The number of thiophene rings is 1. The van der Waals surface area contributed by atoms with Crippen molar-refractivity contribution in [2.45, 2.75) is 39.7 Å². The molecule has 6 heteroatoms. The number of hydrogen-bond acceptors (Lipinski definition) is 5. The summed E-state index contributed by atoms with van der Waals surface area (Å²) in [6.07, 6.45) is 2.91. The molecule has 1 aliphatic rings. The normalized spacial score (nSPS) is 15.3. The van der Waals surface area contributed by atoms with E-state index in [1.54, 1.807) is 0 Å². The quantitative estimate of drug-likeness (QED) is 0.882. The molecule has 1 N–H and O–H groups in total. The molecule has 0 radical (unpaired) electrons. The lowest BCUT2D eigenvalue weighted by molar-refractivity contribution is -0.153. The van der Waals surface area contributed by atoms with E-state index in [2.05, 4.69) is 9.97 Å². The average molecular weight is 292 g/mol. The minimum atomic E-state index is -0.183. The number of rotatable bonds is 3. The molecule has 2 heterocycles. The zero-order valence-electron chi connectivity index (χ0n) is 11.5. The van der Waals surface area contributed by atoms with Crippen molar-refractivity contribution in [3.63, 3.8) is 0 Å². The molecular formula is C14H16N2O3S. The second-order valence-electron chi connectivity index (χ2n) is 5.21. The molecule has 0 spiro atoms. The summed E-state index contributed by atoms with van der Waals surface area (Å²) in [6.45, 7) is 3.93. The predicted molar refractivity (Wildman–Crippen MR) is 76.9 cm³/mol. The van der Waals surface area contributed by atoms with E-state index < -0.39 is 0 Å². The molecule has 0 atom stereocenters. The summed E-state index contributed by atoms with van der Waals surface area (Å²) in [5.74, 6) is 0.269. The van der Waals surface area contributed by atoms with Gasteiger partial charge in [-0.25, -0.2) is 4.98 Å². The van der Waals surface area contributed by atoms with Gasteiger partial charge in [0.2, 0.25) is 0 Å². The molecule has 0 aromatic carbocycles. The number of carbonyl (C=O) groups excluding carboxylic acids is 1. The van der Waals surface area contributed by atoms with Gasteiger partial charge in [0, 0.05) is 4.88 Å². The molecule has 0 aliphatic heterocycles. The number of ether oxygens (including phenoxy) is 1. The Morgan fingerprint density at radius 2 is 2.20 bits per heavy atom. The third-order valence-electron chi connectivity index (χ3n) is 3.88. The first-order chi connectivity index (χ1) is 9.56. The molecule has 106 valence electrons. The molecule has 0 saturated heterocycles. The largest absolute Gasteiger partial charge is 0.457 e. The summed E-state index contributed by atoms with van der Waals surface area (Å²) in [7, 11) is 0. The molecule has 1 aliphatic carbocycles. The summed E-state index contributed by atoms with van der Waals surface area (Å²) < 4.78 is 5.21. The van der Waals surface area contributed by atoms with Gasteiger partial charge in [-0.3, -0.25) is 9.59 Å². The number of esters is 1. The summed E-state index contributed by atoms with van der Waals surface area (Å²) in [5.41, 5.74) is 0.809. The van der Waals surface area contributed by atoms with Crippen molar-refractivity contribution in [3.05, 3.63) is 26.6 Å². The molecule has 0 bridgehead atoms. The number of aromatic amines is 1. The van der Waals surface area contributed by atoms with Gasteiger partial charge in [0.05, 0.1) is 11.3 Å². The first kappa shape index (κ1) is 13.3. The van der Waals surface area contributed by atoms with Gasteiger partial charge in [0.1, 0.15) is 17.3 Å². The van der Waals surface area contributed by atoms with Crippen LogP contribution in [0.5, 0.6) is 0 Å². The van der Waals surface area contributed by atoms with E-state index >= 15 is 0 Å². The van der Waals surface area contributed by atoms with E-state index in [-0.39, 0.29) is 24.1 Å². The van der Waals surface area contributed by atoms with Gasteiger partial charge in [-0.2, -0.15) is 0 Å². The third kappa shape index (κ3) is 2.24. The zero-order chi connectivity index (χ0) is 14.3. The average Bonchev–Trinajstić information content (AvgIpc) is 2.60. The fourth-order valence-corrected chi connectivity index (χ4v) is 3.32. The van der Waals surface area contributed by atoms with E-state index in [1.807, 2.05) is 13.8 Å². The highest BCUT2D eigenvalue weighted by molar-refractivity contribution is 7.18. The standard InChI is InChI=1S/C14H16N2O3S/c1-7-8(2)20-13-11(7)12(17)15-10(16-13)6-19-14(18)9-4-3-5-9/h9H,3-6H2,1-2H3,(H,15,16,17). The van der Waals surface area contributed by atoms with E-state index in [9.17, 15) is 9.59 Å². The van der Waals surface area contributed by atoms with Gasteiger partial charge in [-0.15, -0.1) is 11.3 Å². The van der Waals surface area contributed by atoms with Crippen molar-refractivity contribution >= 4 is 27.5 Å². The Morgan fingerprint density at radius 3 is 2.85 bits per heavy atom. The predicted octanol–water partition coefficient (Wildman–Crippen LogP) is 2.44. The van der Waals surface area contributed by atoms with Crippen LogP contribution in [0, 0.1) is 19.8 Å². The summed E-state index contributed by atoms with van der Waals surface area (Å²) in [6, 6.07) is 0. The lowest BCUT2D eigenvalue weighted by Gasteiger charge is -2.22. The minimum Gasteiger partial charge on any atom is -0.457 e.